The van der Waals surface area contributed by atoms with Crippen molar-refractivity contribution in [2.75, 3.05) is 11.9 Å². The monoisotopic (exact) mass is 342 g/mol. The molecule has 0 saturated carbocycles. The highest BCUT2D eigenvalue weighted by molar-refractivity contribution is 7.17. The summed E-state index contributed by atoms with van der Waals surface area (Å²) < 4.78 is 13.2. The largest absolute Gasteiger partial charge is 0.367 e. The van der Waals surface area contributed by atoms with Crippen molar-refractivity contribution in [2.24, 2.45) is 0 Å². The van der Waals surface area contributed by atoms with Gasteiger partial charge in [0.05, 0.1) is 5.39 Å². The third-order valence-electron chi connectivity index (χ3n) is 4.13. The maximum atomic E-state index is 13.2. The number of thiophene rings is 1. The molecule has 0 aliphatic carbocycles. The third-order valence-corrected chi connectivity index (χ3v) is 5.01. The topological polar surface area (TPSA) is 66.9 Å². The quantitative estimate of drug-likeness (QED) is 0.764. The number of carbonyl (C=O) groups is 1. The Balaban J connectivity index is 1.66. The molecular weight excluding hydrogens is 327 g/mol. The molecular formula is C17H15FN4OS. The van der Waals surface area contributed by atoms with E-state index in [1.54, 1.807) is 12.1 Å². The van der Waals surface area contributed by atoms with E-state index < -0.39 is 0 Å². The summed E-state index contributed by atoms with van der Waals surface area (Å²) in [6.07, 6.45) is 2.93. The average molecular weight is 342 g/mol. The molecule has 1 fully saturated rings. The SMILES string of the molecule is O=C1CC[C@H](CNc2ncnc3scc(-c4ccc(F)cc4)c23)N1. The minimum absolute atomic E-state index is 0.0946. The van der Waals surface area contributed by atoms with Crippen LogP contribution in [0.1, 0.15) is 12.8 Å². The Labute approximate surface area is 141 Å². The van der Waals surface area contributed by atoms with E-state index in [1.165, 1.54) is 29.8 Å². The molecule has 4 rings (SSSR count). The normalized spacial score (nSPS) is 17.2. The van der Waals surface area contributed by atoms with Crippen molar-refractivity contribution in [3.8, 4) is 11.1 Å². The van der Waals surface area contributed by atoms with Crippen LogP contribution in [-0.2, 0) is 4.79 Å². The Morgan fingerprint density at radius 3 is 2.88 bits per heavy atom. The van der Waals surface area contributed by atoms with Crippen LogP contribution in [0.2, 0.25) is 0 Å². The van der Waals surface area contributed by atoms with Gasteiger partial charge in [0, 0.05) is 30.0 Å². The van der Waals surface area contributed by atoms with Gasteiger partial charge in [-0.25, -0.2) is 14.4 Å². The molecule has 1 amide bonds. The van der Waals surface area contributed by atoms with E-state index >= 15 is 0 Å². The number of carbonyl (C=O) groups excluding carboxylic acids is 1. The molecule has 7 heteroatoms. The van der Waals surface area contributed by atoms with Crippen LogP contribution in [0.4, 0.5) is 10.2 Å². The summed E-state index contributed by atoms with van der Waals surface area (Å²) >= 11 is 1.53. The van der Waals surface area contributed by atoms with Gasteiger partial charge in [0.2, 0.25) is 5.91 Å². The number of benzene rings is 1. The molecule has 1 saturated heterocycles. The van der Waals surface area contributed by atoms with E-state index in [1.807, 2.05) is 5.38 Å². The zero-order valence-corrected chi connectivity index (χ0v) is 13.6. The molecule has 0 radical (unpaired) electrons. The maximum Gasteiger partial charge on any atom is 0.220 e. The summed E-state index contributed by atoms with van der Waals surface area (Å²) in [5.41, 5.74) is 1.91. The lowest BCUT2D eigenvalue weighted by Crippen LogP contribution is -2.32. The Kier molecular flexibility index (Phi) is 3.86. The van der Waals surface area contributed by atoms with E-state index in [0.717, 1.165) is 33.6 Å². The molecule has 1 aromatic carbocycles. The van der Waals surface area contributed by atoms with Gasteiger partial charge < -0.3 is 10.6 Å². The van der Waals surface area contributed by atoms with E-state index in [2.05, 4.69) is 20.6 Å². The van der Waals surface area contributed by atoms with Gasteiger partial charge in [0.25, 0.3) is 0 Å². The highest BCUT2D eigenvalue weighted by Gasteiger charge is 2.21. The molecule has 3 heterocycles. The number of aromatic nitrogens is 2. The molecule has 0 spiro atoms. The van der Waals surface area contributed by atoms with Gasteiger partial charge in [-0.2, -0.15) is 0 Å². The predicted octanol–water partition coefficient (Wildman–Crippen LogP) is 3.19. The Morgan fingerprint density at radius 1 is 1.29 bits per heavy atom. The molecule has 0 unspecified atom stereocenters. The van der Waals surface area contributed by atoms with Crippen LogP contribution < -0.4 is 10.6 Å². The lowest BCUT2D eigenvalue weighted by atomic mass is 10.1. The highest BCUT2D eigenvalue weighted by Crippen LogP contribution is 2.36. The molecule has 2 aromatic heterocycles. The fraction of sp³-hybridized carbons (Fsp3) is 0.235. The van der Waals surface area contributed by atoms with Gasteiger partial charge in [-0.3, -0.25) is 4.79 Å². The standard InChI is InChI=1S/C17H15FN4OS/c18-11-3-1-10(2-4-11)13-8-24-17-15(13)16(20-9-21-17)19-7-12-5-6-14(23)22-12/h1-4,8-9,12H,5-7H2,(H,22,23)(H,19,20,21)/t12-/m1/s1. The molecule has 3 aromatic rings. The van der Waals surface area contributed by atoms with Gasteiger partial charge in [-0.1, -0.05) is 12.1 Å². The van der Waals surface area contributed by atoms with Gasteiger partial charge in [-0.15, -0.1) is 11.3 Å². The van der Waals surface area contributed by atoms with E-state index in [9.17, 15) is 9.18 Å². The third kappa shape index (κ3) is 2.82. The Bertz CT molecular complexity index is 893. The smallest absolute Gasteiger partial charge is 0.220 e. The predicted molar refractivity (Wildman–Crippen MR) is 92.5 cm³/mol. The summed E-state index contributed by atoms with van der Waals surface area (Å²) in [6, 6.07) is 6.53. The maximum absolute atomic E-state index is 13.2. The van der Waals surface area contributed by atoms with Crippen LogP contribution in [0.3, 0.4) is 0 Å². The minimum Gasteiger partial charge on any atom is -0.367 e. The number of hydrogen-bond acceptors (Lipinski definition) is 5. The van der Waals surface area contributed by atoms with E-state index in [4.69, 9.17) is 0 Å². The number of halogens is 1. The van der Waals surface area contributed by atoms with Crippen LogP contribution in [-0.4, -0.2) is 28.5 Å². The lowest BCUT2D eigenvalue weighted by molar-refractivity contribution is -0.119. The molecule has 2 N–H and O–H groups in total. The van der Waals surface area contributed by atoms with Crippen molar-refractivity contribution < 1.29 is 9.18 Å². The first-order chi connectivity index (χ1) is 11.7. The van der Waals surface area contributed by atoms with Crippen molar-refractivity contribution in [3.63, 3.8) is 0 Å². The first-order valence-electron chi connectivity index (χ1n) is 7.72. The fourth-order valence-electron chi connectivity index (χ4n) is 2.90. The molecule has 24 heavy (non-hydrogen) atoms. The fourth-order valence-corrected chi connectivity index (χ4v) is 3.82. The van der Waals surface area contributed by atoms with Gasteiger partial charge in [0.1, 0.15) is 22.8 Å². The number of nitrogens with zero attached hydrogens (tertiary/aromatic N) is 2. The zero-order chi connectivity index (χ0) is 16.5. The van der Waals surface area contributed by atoms with Crippen LogP contribution in [0.15, 0.2) is 36.0 Å². The minimum atomic E-state index is -0.259. The van der Waals surface area contributed by atoms with Crippen LogP contribution in [0.5, 0.6) is 0 Å². The zero-order valence-electron chi connectivity index (χ0n) is 12.8. The first kappa shape index (κ1) is 15.0. The first-order valence-corrected chi connectivity index (χ1v) is 8.60. The van der Waals surface area contributed by atoms with Crippen molar-refractivity contribution in [1.29, 1.82) is 0 Å². The van der Waals surface area contributed by atoms with Crippen LogP contribution >= 0.6 is 11.3 Å². The van der Waals surface area contributed by atoms with Gasteiger partial charge >= 0.3 is 0 Å². The number of fused-ring (bicyclic) bond motifs is 1. The summed E-state index contributed by atoms with van der Waals surface area (Å²) in [4.78, 5) is 20.9. The molecule has 1 aliphatic heterocycles. The van der Waals surface area contributed by atoms with Crippen molar-refractivity contribution in [3.05, 3.63) is 41.8 Å². The molecule has 0 bridgehead atoms. The number of rotatable bonds is 4. The summed E-state index contributed by atoms with van der Waals surface area (Å²) in [7, 11) is 0. The molecule has 1 aliphatic rings. The highest BCUT2D eigenvalue weighted by atomic mass is 32.1. The molecule has 5 nitrogen and oxygen atoms in total. The van der Waals surface area contributed by atoms with Crippen molar-refractivity contribution in [1.82, 2.24) is 15.3 Å². The Hall–Kier alpha value is -2.54. The lowest BCUT2D eigenvalue weighted by Gasteiger charge is -2.13. The molecule has 122 valence electrons. The molecule has 1 atom stereocenters. The summed E-state index contributed by atoms with van der Waals surface area (Å²) in [5.74, 6) is 0.573. The second kappa shape index (κ2) is 6.16. The number of hydrogen-bond donors (Lipinski definition) is 2. The Morgan fingerprint density at radius 2 is 2.12 bits per heavy atom. The number of amides is 1. The summed E-state index contributed by atoms with van der Waals surface area (Å²) in [5, 5.41) is 9.20. The van der Waals surface area contributed by atoms with Gasteiger partial charge in [-0.05, 0) is 24.1 Å². The van der Waals surface area contributed by atoms with Crippen LogP contribution in [0.25, 0.3) is 21.3 Å². The van der Waals surface area contributed by atoms with E-state index in [0.29, 0.717) is 13.0 Å². The second-order valence-electron chi connectivity index (χ2n) is 5.74. The number of nitrogens with one attached hydrogen (secondary N) is 2. The average Bonchev–Trinajstić information content (AvgIpc) is 3.20. The number of anilines is 1. The van der Waals surface area contributed by atoms with E-state index in [-0.39, 0.29) is 17.8 Å². The van der Waals surface area contributed by atoms with Gasteiger partial charge in [0.15, 0.2) is 0 Å². The van der Waals surface area contributed by atoms with Crippen molar-refractivity contribution >= 4 is 33.3 Å². The van der Waals surface area contributed by atoms with Crippen LogP contribution in [0, 0.1) is 5.82 Å². The second-order valence-corrected chi connectivity index (χ2v) is 6.60. The van der Waals surface area contributed by atoms with Crippen molar-refractivity contribution in [2.45, 2.75) is 18.9 Å². The summed E-state index contributed by atoms with van der Waals surface area (Å²) in [6.45, 7) is 0.622.